The van der Waals surface area contributed by atoms with Gasteiger partial charge in [0.25, 0.3) is 0 Å². The Morgan fingerprint density at radius 1 is 0.978 bits per heavy atom. The van der Waals surface area contributed by atoms with Crippen molar-refractivity contribution in [3.63, 3.8) is 0 Å². The van der Waals surface area contributed by atoms with E-state index >= 15 is 0 Å². The number of benzene rings is 3. The molecule has 0 spiro atoms. The highest BCUT2D eigenvalue weighted by atomic mass is 16.3. The average Bonchev–Trinajstić information content (AvgIpc) is 3.03. The zero-order valence-corrected chi connectivity index (χ0v) is 26.9. The van der Waals surface area contributed by atoms with Crippen LogP contribution < -0.4 is 5.73 Å². The van der Waals surface area contributed by atoms with Crippen LogP contribution in [0.15, 0.2) is 84.9 Å². The smallest absolute Gasteiger partial charge is 0.246 e. The van der Waals surface area contributed by atoms with Crippen molar-refractivity contribution >= 4 is 28.5 Å². The molecule has 8 nitrogen and oxygen atoms in total. The van der Waals surface area contributed by atoms with Crippen molar-refractivity contribution in [2.24, 2.45) is 5.73 Å². The first-order chi connectivity index (χ1) is 21.5. The van der Waals surface area contributed by atoms with E-state index in [9.17, 15) is 19.5 Å². The van der Waals surface area contributed by atoms with E-state index in [0.29, 0.717) is 38.8 Å². The number of aliphatic hydroxyl groups excluding tert-OH is 1. The number of likely N-dealkylation sites (N-methyl/N-ethyl adjacent to an activating group) is 2. The van der Waals surface area contributed by atoms with Gasteiger partial charge in [0.1, 0.15) is 6.04 Å². The number of hydrogen-bond donors (Lipinski definition) is 2. The molecule has 0 radical (unpaired) electrons. The molecule has 1 heterocycles. The van der Waals surface area contributed by atoms with Crippen LogP contribution in [0.5, 0.6) is 0 Å². The number of piperidine rings is 1. The second-order valence-corrected chi connectivity index (χ2v) is 12.6. The van der Waals surface area contributed by atoms with E-state index < -0.39 is 6.04 Å². The highest BCUT2D eigenvalue weighted by molar-refractivity contribution is 5.93. The molecule has 8 heteroatoms. The lowest BCUT2D eigenvalue weighted by Gasteiger charge is -2.37. The number of nitrogens with zero attached hydrogens (tertiary/aromatic N) is 3. The van der Waals surface area contributed by atoms with Crippen LogP contribution in [0.3, 0.4) is 0 Å². The Labute approximate surface area is 267 Å². The first-order valence-corrected chi connectivity index (χ1v) is 16.0. The van der Waals surface area contributed by atoms with Crippen LogP contribution in [0.2, 0.25) is 0 Å². The van der Waals surface area contributed by atoms with E-state index in [1.807, 2.05) is 30.3 Å². The summed E-state index contributed by atoms with van der Waals surface area (Å²) in [5, 5.41) is 12.4. The van der Waals surface area contributed by atoms with Crippen LogP contribution in [0.25, 0.3) is 10.8 Å². The molecule has 2 fully saturated rings. The third-order valence-corrected chi connectivity index (χ3v) is 8.98. The lowest BCUT2D eigenvalue weighted by Crippen LogP contribution is -2.54. The molecule has 3 aromatic carbocycles. The van der Waals surface area contributed by atoms with Gasteiger partial charge in [-0.25, -0.2) is 0 Å². The van der Waals surface area contributed by atoms with Crippen LogP contribution in [-0.4, -0.2) is 88.9 Å². The van der Waals surface area contributed by atoms with E-state index in [4.69, 9.17) is 5.73 Å². The van der Waals surface area contributed by atoms with Gasteiger partial charge in [-0.2, -0.15) is 0 Å². The van der Waals surface area contributed by atoms with Gasteiger partial charge in [0, 0.05) is 39.1 Å². The molecule has 240 valence electrons. The lowest BCUT2D eigenvalue weighted by atomic mass is 9.75. The van der Waals surface area contributed by atoms with Crippen LogP contribution >= 0.6 is 0 Å². The van der Waals surface area contributed by atoms with Gasteiger partial charge in [-0.15, -0.1) is 0 Å². The Kier molecular flexibility index (Phi) is 11.9. The third-order valence-electron chi connectivity index (χ3n) is 8.98. The number of carbonyl (C=O) groups is 3. The molecule has 3 aromatic rings. The van der Waals surface area contributed by atoms with Crippen LogP contribution in [-0.2, 0) is 20.8 Å². The second kappa shape index (κ2) is 15.8. The Bertz CT molecular complexity index is 1460. The van der Waals surface area contributed by atoms with Crippen molar-refractivity contribution in [1.82, 2.24) is 14.7 Å². The molecular weight excluding hydrogens is 564 g/mol. The lowest BCUT2D eigenvalue weighted by molar-refractivity contribution is -0.147. The summed E-state index contributed by atoms with van der Waals surface area (Å²) < 4.78 is 0. The Morgan fingerprint density at radius 3 is 2.27 bits per heavy atom. The van der Waals surface area contributed by atoms with E-state index in [1.165, 1.54) is 32.2 Å². The largest absolute Gasteiger partial charge is 0.393 e. The number of nitrogens with two attached hydrogens (primary N) is 1. The monoisotopic (exact) mass is 612 g/mol. The van der Waals surface area contributed by atoms with E-state index in [-0.39, 0.29) is 35.9 Å². The number of fused-ring (bicyclic) bond motifs is 1. The van der Waals surface area contributed by atoms with Crippen molar-refractivity contribution in [2.75, 3.05) is 33.7 Å². The molecule has 0 bridgehead atoms. The fourth-order valence-corrected chi connectivity index (χ4v) is 5.76. The molecule has 0 aromatic heterocycles. The minimum atomic E-state index is -0.681. The Morgan fingerprint density at radius 2 is 1.62 bits per heavy atom. The molecule has 1 saturated heterocycles. The molecule has 1 aliphatic carbocycles. The minimum Gasteiger partial charge on any atom is -0.393 e. The predicted molar refractivity (Wildman–Crippen MR) is 179 cm³/mol. The van der Waals surface area contributed by atoms with Gasteiger partial charge in [-0.05, 0) is 67.9 Å². The highest BCUT2D eigenvalue weighted by Gasteiger charge is 2.33. The van der Waals surface area contributed by atoms with Gasteiger partial charge in [0.05, 0.1) is 12.6 Å². The SMILES string of the molecule is CN(CC(=O)N(C)C(Cc1ccccc1)C(=O)N1CCC(O)CC1)C(=O)/C=C/CC1(N)CCC1.Cc1ccc2ccccc2c1. The summed E-state index contributed by atoms with van der Waals surface area (Å²) in [7, 11) is 3.20. The topological polar surface area (TPSA) is 107 Å². The summed E-state index contributed by atoms with van der Waals surface area (Å²) in [6, 6.07) is 23.8. The van der Waals surface area contributed by atoms with Gasteiger partial charge >= 0.3 is 0 Å². The molecule has 1 unspecified atom stereocenters. The summed E-state index contributed by atoms with van der Waals surface area (Å²) in [6.07, 6.45) is 8.06. The molecule has 45 heavy (non-hydrogen) atoms. The van der Waals surface area contributed by atoms with E-state index in [2.05, 4.69) is 49.4 Å². The summed E-state index contributed by atoms with van der Waals surface area (Å²) in [4.78, 5) is 43.5. The normalized spacial score (nSPS) is 16.8. The molecular formula is C37H48N4O4. The van der Waals surface area contributed by atoms with Crippen LogP contribution in [0.4, 0.5) is 0 Å². The number of likely N-dealkylation sites (tertiary alicyclic amines) is 1. The molecule has 1 atom stereocenters. The molecule has 1 saturated carbocycles. The molecule has 1 aliphatic heterocycles. The van der Waals surface area contributed by atoms with Crippen LogP contribution in [0.1, 0.15) is 49.7 Å². The second-order valence-electron chi connectivity index (χ2n) is 12.6. The van der Waals surface area contributed by atoms with Crippen molar-refractivity contribution in [1.29, 1.82) is 0 Å². The van der Waals surface area contributed by atoms with Crippen molar-refractivity contribution in [3.8, 4) is 0 Å². The molecule has 5 rings (SSSR count). The standard InChI is InChI=1S/C26H38N4O4.C11H10/c1-28(23(32)10-6-13-26(27)14-7-15-26)19-24(33)29(2)22(18-20-8-4-3-5-9-20)25(34)30-16-11-21(31)12-17-30;1-9-6-7-10-4-2-3-5-11(10)8-9/h3-6,8-10,21-22,31H,7,11-19,27H2,1-2H3;2-8H,1H3/b10-6+;. The van der Waals surface area contributed by atoms with Crippen molar-refractivity contribution in [2.45, 2.75) is 69.6 Å². The molecule has 2 aliphatic rings. The first-order valence-electron chi connectivity index (χ1n) is 16.0. The minimum absolute atomic E-state index is 0.120. The Balaban J connectivity index is 0.000000348. The third kappa shape index (κ3) is 9.74. The number of amides is 3. The fourth-order valence-electron chi connectivity index (χ4n) is 5.76. The number of hydrogen-bond acceptors (Lipinski definition) is 5. The van der Waals surface area contributed by atoms with Gasteiger partial charge < -0.3 is 25.5 Å². The first kappa shape index (κ1) is 33.9. The Hall–Kier alpha value is -4.01. The molecule has 3 amide bonds. The quantitative estimate of drug-likeness (QED) is 0.347. The summed E-state index contributed by atoms with van der Waals surface area (Å²) in [5.74, 6) is -0.695. The number of carbonyl (C=O) groups excluding carboxylic acids is 3. The average molecular weight is 613 g/mol. The zero-order chi connectivity index (χ0) is 32.4. The maximum absolute atomic E-state index is 13.4. The van der Waals surface area contributed by atoms with Gasteiger partial charge in [0.15, 0.2) is 0 Å². The van der Waals surface area contributed by atoms with Gasteiger partial charge in [-0.3, -0.25) is 14.4 Å². The summed E-state index contributed by atoms with van der Waals surface area (Å²) >= 11 is 0. The van der Waals surface area contributed by atoms with Gasteiger partial charge in [0.2, 0.25) is 17.7 Å². The van der Waals surface area contributed by atoms with E-state index in [0.717, 1.165) is 24.8 Å². The summed E-state index contributed by atoms with van der Waals surface area (Å²) in [6.45, 7) is 2.94. The van der Waals surface area contributed by atoms with Crippen molar-refractivity contribution in [3.05, 3.63) is 96.1 Å². The number of aryl methyl sites for hydroxylation is 1. The maximum atomic E-state index is 13.4. The fraction of sp³-hybridized carbons (Fsp3) is 0.432. The number of aliphatic hydroxyl groups is 1. The zero-order valence-electron chi connectivity index (χ0n) is 26.9. The van der Waals surface area contributed by atoms with Crippen LogP contribution in [0, 0.1) is 6.92 Å². The maximum Gasteiger partial charge on any atom is 0.246 e. The number of rotatable bonds is 9. The van der Waals surface area contributed by atoms with Crippen molar-refractivity contribution < 1.29 is 19.5 Å². The highest BCUT2D eigenvalue weighted by Crippen LogP contribution is 2.32. The molecule has 3 N–H and O–H groups in total. The van der Waals surface area contributed by atoms with E-state index in [1.54, 1.807) is 25.1 Å². The predicted octanol–water partition coefficient (Wildman–Crippen LogP) is 4.47. The summed E-state index contributed by atoms with van der Waals surface area (Å²) in [5.41, 5.74) is 8.28. The van der Waals surface area contributed by atoms with Gasteiger partial charge in [-0.1, -0.05) is 84.4 Å².